The fourth-order valence-electron chi connectivity index (χ4n) is 9.70. The molecule has 2 heterocycles. The summed E-state index contributed by atoms with van der Waals surface area (Å²) in [4.78, 5) is 28.7. The number of rotatable bonds is 7. The first-order valence-electron chi connectivity index (χ1n) is 20.9. The van der Waals surface area contributed by atoms with Crippen LogP contribution in [0, 0.1) is 0 Å². The largest absolute Gasteiger partial charge is 0.309 e. The smallest absolute Gasteiger partial charge is 0.193 e. The standard InChI is InChI=1S/C58H36N2O2/c61-57(37-25-29-39(30-26-37)59-53-21-9-5-17-47(53)48-18-6-10-22-54(48)59)51-35-33-45(41-13-1-3-15-43(41)51)46-34-36-52(44-16-4-2-14-42(44)46)58(62)38-27-31-40(32-28-38)60-55-23-11-7-19-49(55)50-20-8-12-24-56(50)60/h1-36H. The van der Waals surface area contributed by atoms with Gasteiger partial charge in [-0.3, -0.25) is 9.59 Å². The molecule has 0 N–H and O–H groups in total. The molecule has 0 fully saturated rings. The number of fused-ring (bicyclic) bond motifs is 8. The van der Waals surface area contributed by atoms with Crippen molar-refractivity contribution in [3.63, 3.8) is 0 Å². The zero-order valence-electron chi connectivity index (χ0n) is 33.5. The van der Waals surface area contributed by atoms with Gasteiger partial charge >= 0.3 is 0 Å². The van der Waals surface area contributed by atoms with E-state index in [1.807, 2.05) is 97.1 Å². The van der Waals surface area contributed by atoms with E-state index in [0.29, 0.717) is 22.3 Å². The van der Waals surface area contributed by atoms with Crippen molar-refractivity contribution in [3.8, 4) is 22.5 Å². The van der Waals surface area contributed by atoms with Crippen molar-refractivity contribution in [2.75, 3.05) is 0 Å². The second kappa shape index (κ2) is 14.1. The second-order valence-electron chi connectivity index (χ2n) is 15.9. The topological polar surface area (TPSA) is 44.0 Å². The Morgan fingerprint density at radius 1 is 0.258 bits per heavy atom. The van der Waals surface area contributed by atoms with E-state index in [4.69, 9.17) is 0 Å². The lowest BCUT2D eigenvalue weighted by Gasteiger charge is -2.15. The molecular formula is C58H36N2O2. The highest BCUT2D eigenvalue weighted by Gasteiger charge is 2.20. The monoisotopic (exact) mass is 792 g/mol. The van der Waals surface area contributed by atoms with Gasteiger partial charge in [-0.25, -0.2) is 0 Å². The highest BCUT2D eigenvalue weighted by molar-refractivity contribution is 6.22. The van der Waals surface area contributed by atoms with E-state index in [1.54, 1.807) is 0 Å². The molecule has 0 spiro atoms. The zero-order valence-corrected chi connectivity index (χ0v) is 33.5. The zero-order chi connectivity index (χ0) is 41.3. The summed E-state index contributed by atoms with van der Waals surface area (Å²) in [7, 11) is 0. The van der Waals surface area contributed by atoms with Crippen LogP contribution in [0.1, 0.15) is 31.8 Å². The maximum atomic E-state index is 14.4. The van der Waals surface area contributed by atoms with Gasteiger partial charge in [0.25, 0.3) is 0 Å². The van der Waals surface area contributed by atoms with Crippen LogP contribution in [-0.4, -0.2) is 20.7 Å². The third-order valence-electron chi connectivity index (χ3n) is 12.6. The first-order valence-corrected chi connectivity index (χ1v) is 20.9. The minimum Gasteiger partial charge on any atom is -0.309 e. The van der Waals surface area contributed by atoms with E-state index in [1.165, 1.54) is 21.5 Å². The molecule has 0 aliphatic carbocycles. The molecule has 0 aliphatic heterocycles. The van der Waals surface area contributed by atoms with E-state index in [2.05, 4.69) is 130 Å². The summed E-state index contributed by atoms with van der Waals surface area (Å²) >= 11 is 0. The number of hydrogen-bond acceptors (Lipinski definition) is 2. The first kappa shape index (κ1) is 35.6. The van der Waals surface area contributed by atoms with Crippen LogP contribution in [0.4, 0.5) is 0 Å². The molecule has 0 saturated carbocycles. The van der Waals surface area contributed by atoms with Crippen molar-refractivity contribution in [1.82, 2.24) is 9.13 Å². The molecule has 0 radical (unpaired) electrons. The van der Waals surface area contributed by atoms with Crippen molar-refractivity contribution in [1.29, 1.82) is 0 Å². The lowest BCUT2D eigenvalue weighted by atomic mass is 9.88. The summed E-state index contributed by atoms with van der Waals surface area (Å²) in [5.74, 6) is -0.0621. The normalized spacial score (nSPS) is 11.7. The van der Waals surface area contributed by atoms with Gasteiger partial charge in [0.15, 0.2) is 11.6 Å². The molecule has 0 atom stereocenters. The molecule has 4 nitrogen and oxygen atoms in total. The van der Waals surface area contributed by atoms with Gasteiger partial charge in [0.05, 0.1) is 22.1 Å². The van der Waals surface area contributed by atoms with Crippen LogP contribution >= 0.6 is 0 Å². The number of carbonyl (C=O) groups excluding carboxylic acids is 2. The van der Waals surface area contributed by atoms with Crippen molar-refractivity contribution in [2.24, 2.45) is 0 Å². The fraction of sp³-hybridized carbons (Fsp3) is 0. The molecule has 0 unspecified atom stereocenters. The number of para-hydroxylation sites is 4. The van der Waals surface area contributed by atoms with E-state index < -0.39 is 0 Å². The SMILES string of the molecule is O=C(c1ccc(-n2c3ccccc3c3ccccc32)cc1)c1ccc(-c2ccc(C(=O)c3ccc(-n4c5ccccc5c5ccccc54)cc3)c3ccccc23)c2ccccc12. The van der Waals surface area contributed by atoms with Gasteiger partial charge in [-0.15, -0.1) is 0 Å². The summed E-state index contributed by atoms with van der Waals surface area (Å²) in [5, 5.41) is 8.52. The molecular weight excluding hydrogens is 757 g/mol. The van der Waals surface area contributed by atoms with E-state index in [0.717, 1.165) is 66.1 Å². The molecule has 10 aromatic carbocycles. The Balaban J connectivity index is 0.885. The van der Waals surface area contributed by atoms with E-state index >= 15 is 0 Å². The lowest BCUT2D eigenvalue weighted by Crippen LogP contribution is -2.04. The fourth-order valence-corrected chi connectivity index (χ4v) is 9.70. The molecule has 62 heavy (non-hydrogen) atoms. The number of ketones is 2. The summed E-state index contributed by atoms with van der Waals surface area (Å²) in [6, 6.07) is 73.9. The molecule has 0 saturated heterocycles. The van der Waals surface area contributed by atoms with Crippen LogP contribution < -0.4 is 0 Å². The number of aromatic nitrogens is 2. The van der Waals surface area contributed by atoms with Crippen molar-refractivity contribution >= 4 is 76.7 Å². The van der Waals surface area contributed by atoms with Crippen LogP contribution in [0.15, 0.2) is 218 Å². The van der Waals surface area contributed by atoms with Gasteiger partial charge in [-0.05, 0) is 118 Å². The van der Waals surface area contributed by atoms with Crippen LogP contribution in [0.5, 0.6) is 0 Å². The minimum absolute atomic E-state index is 0.0310. The number of hydrogen-bond donors (Lipinski definition) is 0. The van der Waals surface area contributed by atoms with Crippen molar-refractivity contribution < 1.29 is 9.59 Å². The number of carbonyl (C=O) groups is 2. The van der Waals surface area contributed by atoms with Crippen LogP contribution in [0.2, 0.25) is 0 Å². The average Bonchev–Trinajstić information content (AvgIpc) is 3.86. The Hall–Kier alpha value is -8.34. The Bertz CT molecular complexity index is 3420. The van der Waals surface area contributed by atoms with Crippen LogP contribution in [0.25, 0.3) is 87.7 Å². The highest BCUT2D eigenvalue weighted by Crippen LogP contribution is 2.39. The maximum absolute atomic E-state index is 14.4. The Labute approximate surface area is 357 Å². The van der Waals surface area contributed by atoms with Gasteiger partial charge in [-0.1, -0.05) is 133 Å². The van der Waals surface area contributed by atoms with Gasteiger partial charge < -0.3 is 9.13 Å². The molecule has 0 aliphatic rings. The molecule has 0 bridgehead atoms. The summed E-state index contributed by atoms with van der Waals surface area (Å²) < 4.78 is 4.52. The molecule has 290 valence electrons. The molecule has 4 heteroatoms. The molecule has 0 amide bonds. The Kier molecular flexibility index (Phi) is 8.12. The van der Waals surface area contributed by atoms with Gasteiger partial charge in [0.2, 0.25) is 0 Å². The van der Waals surface area contributed by atoms with Gasteiger partial charge in [-0.2, -0.15) is 0 Å². The lowest BCUT2D eigenvalue weighted by molar-refractivity contribution is 0.103. The quantitative estimate of drug-likeness (QED) is 0.151. The number of nitrogens with zero attached hydrogens (tertiary/aromatic N) is 2. The van der Waals surface area contributed by atoms with Gasteiger partial charge in [0, 0.05) is 55.2 Å². The Morgan fingerprint density at radius 3 is 0.855 bits per heavy atom. The summed E-state index contributed by atoms with van der Waals surface area (Å²) in [5.41, 5.74) is 11.1. The molecule has 12 aromatic rings. The second-order valence-corrected chi connectivity index (χ2v) is 15.9. The predicted molar refractivity (Wildman–Crippen MR) is 255 cm³/mol. The highest BCUT2D eigenvalue weighted by atomic mass is 16.1. The van der Waals surface area contributed by atoms with Crippen LogP contribution in [-0.2, 0) is 0 Å². The third-order valence-corrected chi connectivity index (χ3v) is 12.6. The molecule has 2 aromatic heterocycles. The summed E-state index contributed by atoms with van der Waals surface area (Å²) in [6.07, 6.45) is 0. The summed E-state index contributed by atoms with van der Waals surface area (Å²) in [6.45, 7) is 0. The van der Waals surface area contributed by atoms with Crippen LogP contribution in [0.3, 0.4) is 0 Å². The van der Waals surface area contributed by atoms with E-state index in [-0.39, 0.29) is 11.6 Å². The predicted octanol–water partition coefficient (Wildman–Crippen LogP) is 14.3. The van der Waals surface area contributed by atoms with Crippen molar-refractivity contribution in [3.05, 3.63) is 241 Å². The van der Waals surface area contributed by atoms with E-state index in [9.17, 15) is 9.59 Å². The third kappa shape index (κ3) is 5.47. The van der Waals surface area contributed by atoms with Gasteiger partial charge in [0.1, 0.15) is 0 Å². The Morgan fingerprint density at radius 2 is 0.532 bits per heavy atom. The number of benzene rings is 10. The minimum atomic E-state index is -0.0310. The first-order chi connectivity index (χ1) is 30.6. The molecule has 12 rings (SSSR count). The average molecular weight is 793 g/mol. The maximum Gasteiger partial charge on any atom is 0.193 e. The van der Waals surface area contributed by atoms with Crippen molar-refractivity contribution in [2.45, 2.75) is 0 Å².